The number of benzene rings is 1. The Morgan fingerprint density at radius 3 is 2.38 bits per heavy atom. The molecule has 4 nitrogen and oxygen atoms in total. The largest absolute Gasteiger partial charge is 0.344 e. The van der Waals surface area contributed by atoms with Crippen LogP contribution in [0.2, 0.25) is 0 Å². The van der Waals surface area contributed by atoms with Crippen LogP contribution in [-0.4, -0.2) is 24.4 Å². The number of nitrogens with zero attached hydrogens (tertiary/aromatic N) is 1. The van der Waals surface area contributed by atoms with Gasteiger partial charge in [0, 0.05) is 17.4 Å². The van der Waals surface area contributed by atoms with E-state index in [-0.39, 0.29) is 29.3 Å². The molecule has 1 aromatic carbocycles. The number of hydrogen-bond acceptors (Lipinski definition) is 2. The zero-order valence-electron chi connectivity index (χ0n) is 11.6. The van der Waals surface area contributed by atoms with Crippen LogP contribution in [0.5, 0.6) is 0 Å². The highest BCUT2D eigenvalue weighted by Gasteiger charge is 2.35. The fourth-order valence-electron chi connectivity index (χ4n) is 2.27. The van der Waals surface area contributed by atoms with Gasteiger partial charge in [0.15, 0.2) is 11.6 Å². The number of nitrogens with one attached hydrogen (secondary N) is 1. The van der Waals surface area contributed by atoms with E-state index in [1.54, 1.807) is 13.8 Å². The van der Waals surface area contributed by atoms with E-state index in [1.807, 2.05) is 0 Å². The van der Waals surface area contributed by atoms with Crippen molar-refractivity contribution in [1.29, 1.82) is 0 Å². The molecule has 7 heteroatoms. The van der Waals surface area contributed by atoms with Crippen LogP contribution < -0.4 is 10.2 Å². The molecular formula is C14H15BrF2N2O2. The topological polar surface area (TPSA) is 49.4 Å². The first kappa shape index (κ1) is 15.9. The number of carbonyl (C=O) groups excluding carboxylic acids is 2. The third kappa shape index (κ3) is 3.23. The second-order valence-corrected chi connectivity index (χ2v) is 6.16. The van der Waals surface area contributed by atoms with Gasteiger partial charge in [0.2, 0.25) is 11.8 Å². The lowest BCUT2D eigenvalue weighted by atomic mass is 10.0. The second kappa shape index (κ2) is 6.09. The van der Waals surface area contributed by atoms with Gasteiger partial charge in [-0.2, -0.15) is 0 Å². The molecule has 0 aliphatic carbocycles. The Morgan fingerprint density at radius 1 is 1.29 bits per heavy atom. The van der Waals surface area contributed by atoms with Crippen molar-refractivity contribution in [2.45, 2.75) is 26.3 Å². The van der Waals surface area contributed by atoms with E-state index in [2.05, 4.69) is 21.2 Å². The lowest BCUT2D eigenvalue weighted by molar-refractivity contribution is -0.126. The van der Waals surface area contributed by atoms with Crippen LogP contribution in [0.3, 0.4) is 0 Å². The van der Waals surface area contributed by atoms with Crippen LogP contribution in [0.15, 0.2) is 16.6 Å². The minimum absolute atomic E-state index is 0.00387. The molecule has 0 spiro atoms. The van der Waals surface area contributed by atoms with Gasteiger partial charge in [0.25, 0.3) is 0 Å². The molecule has 1 N–H and O–H groups in total. The van der Waals surface area contributed by atoms with Gasteiger partial charge in [0.05, 0.1) is 0 Å². The Labute approximate surface area is 129 Å². The number of carbonyl (C=O) groups is 2. The van der Waals surface area contributed by atoms with E-state index < -0.39 is 29.3 Å². The van der Waals surface area contributed by atoms with Crippen molar-refractivity contribution in [3.63, 3.8) is 0 Å². The quantitative estimate of drug-likeness (QED) is 0.881. The molecule has 0 saturated carbocycles. The lowest BCUT2D eigenvalue weighted by Gasteiger charge is -2.26. The summed E-state index contributed by atoms with van der Waals surface area (Å²) in [5.41, 5.74) is -0.412. The first-order valence-electron chi connectivity index (χ1n) is 6.56. The molecule has 2 amide bonds. The van der Waals surface area contributed by atoms with E-state index in [4.69, 9.17) is 0 Å². The summed E-state index contributed by atoms with van der Waals surface area (Å²) in [6.45, 7) is 3.48. The minimum Gasteiger partial charge on any atom is -0.344 e. The summed E-state index contributed by atoms with van der Waals surface area (Å²) >= 11 is 3.00. The highest BCUT2D eigenvalue weighted by atomic mass is 79.9. The number of rotatable bonds is 2. The molecular weight excluding hydrogens is 346 g/mol. The molecule has 1 aromatic rings. The van der Waals surface area contributed by atoms with E-state index in [0.29, 0.717) is 0 Å². The van der Waals surface area contributed by atoms with Crippen molar-refractivity contribution in [3.8, 4) is 0 Å². The zero-order chi connectivity index (χ0) is 15.7. The van der Waals surface area contributed by atoms with Crippen molar-refractivity contribution in [1.82, 2.24) is 5.32 Å². The number of hydrogen-bond donors (Lipinski definition) is 1. The SMILES string of the molecule is CC(C)C1NC(=O)CCN(c2c(F)cc(Br)cc2F)C1=O. The third-order valence-corrected chi connectivity index (χ3v) is 3.79. The van der Waals surface area contributed by atoms with Crippen molar-refractivity contribution < 1.29 is 18.4 Å². The molecule has 1 aliphatic heterocycles. The fourth-order valence-corrected chi connectivity index (χ4v) is 2.67. The summed E-state index contributed by atoms with van der Waals surface area (Å²) in [6, 6.07) is 1.40. The molecule has 1 aliphatic rings. The maximum atomic E-state index is 14.1. The predicted molar refractivity (Wildman–Crippen MR) is 77.8 cm³/mol. The van der Waals surface area contributed by atoms with Crippen LogP contribution in [0.1, 0.15) is 20.3 Å². The van der Waals surface area contributed by atoms with Gasteiger partial charge in [-0.3, -0.25) is 9.59 Å². The van der Waals surface area contributed by atoms with E-state index in [9.17, 15) is 18.4 Å². The van der Waals surface area contributed by atoms with Crippen LogP contribution in [0.25, 0.3) is 0 Å². The van der Waals surface area contributed by atoms with Gasteiger partial charge >= 0.3 is 0 Å². The van der Waals surface area contributed by atoms with Gasteiger partial charge in [-0.15, -0.1) is 0 Å². The molecule has 114 valence electrons. The second-order valence-electron chi connectivity index (χ2n) is 5.25. The highest BCUT2D eigenvalue weighted by molar-refractivity contribution is 9.10. The highest BCUT2D eigenvalue weighted by Crippen LogP contribution is 2.29. The molecule has 1 fully saturated rings. The van der Waals surface area contributed by atoms with Gasteiger partial charge < -0.3 is 10.2 Å². The molecule has 1 heterocycles. The van der Waals surface area contributed by atoms with Gasteiger partial charge in [-0.1, -0.05) is 29.8 Å². The van der Waals surface area contributed by atoms with Crippen molar-refractivity contribution in [3.05, 3.63) is 28.2 Å². The van der Waals surface area contributed by atoms with Crippen LogP contribution in [-0.2, 0) is 9.59 Å². The third-order valence-electron chi connectivity index (χ3n) is 3.33. The van der Waals surface area contributed by atoms with E-state index >= 15 is 0 Å². The van der Waals surface area contributed by atoms with E-state index in [1.165, 1.54) is 0 Å². The lowest BCUT2D eigenvalue weighted by Crippen LogP contribution is -2.48. The molecule has 1 atom stereocenters. The molecule has 0 radical (unpaired) electrons. The average molecular weight is 361 g/mol. The van der Waals surface area contributed by atoms with Crippen LogP contribution >= 0.6 is 15.9 Å². The Hall–Kier alpha value is -1.50. The standard InChI is InChI=1S/C14H15BrF2N2O2/c1-7(2)12-14(21)19(4-3-11(20)18-12)13-9(16)5-8(15)6-10(13)17/h5-7,12H,3-4H2,1-2H3,(H,18,20). The van der Waals surface area contributed by atoms with Crippen LogP contribution in [0, 0.1) is 17.6 Å². The molecule has 2 rings (SSSR count). The molecule has 1 unspecified atom stereocenters. The summed E-state index contributed by atoms with van der Waals surface area (Å²) < 4.78 is 28.4. The average Bonchev–Trinajstić information content (AvgIpc) is 2.50. The molecule has 0 bridgehead atoms. The number of amides is 2. The Balaban J connectivity index is 2.47. The van der Waals surface area contributed by atoms with Gasteiger partial charge in [0.1, 0.15) is 11.7 Å². The van der Waals surface area contributed by atoms with Crippen molar-refractivity contribution in [2.24, 2.45) is 5.92 Å². The van der Waals surface area contributed by atoms with Gasteiger partial charge in [-0.05, 0) is 18.1 Å². The number of halogens is 3. The number of anilines is 1. The summed E-state index contributed by atoms with van der Waals surface area (Å²) in [5, 5.41) is 2.59. The van der Waals surface area contributed by atoms with Crippen molar-refractivity contribution >= 4 is 33.4 Å². The van der Waals surface area contributed by atoms with Crippen LogP contribution in [0.4, 0.5) is 14.5 Å². The summed E-state index contributed by atoms with van der Waals surface area (Å²) in [5.74, 6) is -2.67. The Bertz CT molecular complexity index is 569. The first-order chi connectivity index (χ1) is 9.81. The normalized spacial score (nSPS) is 19.7. The minimum atomic E-state index is -0.841. The Morgan fingerprint density at radius 2 is 1.86 bits per heavy atom. The summed E-state index contributed by atoms with van der Waals surface area (Å²) in [7, 11) is 0. The van der Waals surface area contributed by atoms with Gasteiger partial charge in [-0.25, -0.2) is 8.78 Å². The first-order valence-corrected chi connectivity index (χ1v) is 7.36. The molecule has 0 aromatic heterocycles. The molecule has 1 saturated heterocycles. The molecule has 21 heavy (non-hydrogen) atoms. The summed E-state index contributed by atoms with van der Waals surface area (Å²) in [6.07, 6.45) is 0.00387. The van der Waals surface area contributed by atoms with E-state index in [0.717, 1.165) is 17.0 Å². The monoisotopic (exact) mass is 360 g/mol. The predicted octanol–water partition coefficient (Wildman–Crippen LogP) is 2.60. The Kier molecular flexibility index (Phi) is 4.61. The summed E-state index contributed by atoms with van der Waals surface area (Å²) in [4.78, 5) is 25.2. The maximum Gasteiger partial charge on any atom is 0.249 e. The van der Waals surface area contributed by atoms with Crippen molar-refractivity contribution in [2.75, 3.05) is 11.4 Å². The smallest absolute Gasteiger partial charge is 0.249 e. The zero-order valence-corrected chi connectivity index (χ0v) is 13.2. The maximum absolute atomic E-state index is 14.1. The fraction of sp³-hybridized carbons (Fsp3) is 0.429.